The van der Waals surface area contributed by atoms with Gasteiger partial charge in [-0.3, -0.25) is 14.6 Å². The van der Waals surface area contributed by atoms with Crippen molar-refractivity contribution in [2.45, 2.75) is 12.6 Å². The molecule has 1 fully saturated rings. The zero-order valence-corrected chi connectivity index (χ0v) is 17.4. The topological polar surface area (TPSA) is 79.7 Å². The highest BCUT2D eigenvalue weighted by molar-refractivity contribution is 6.46. The third-order valence-electron chi connectivity index (χ3n) is 5.14. The minimum atomic E-state index is -0.820. The number of hydrogen-bond acceptors (Lipinski definition) is 5. The number of likely N-dealkylation sites (tertiary alicyclic amines) is 1. The highest BCUT2D eigenvalue weighted by Crippen LogP contribution is 2.39. The first kappa shape index (κ1) is 20.6. The smallest absolute Gasteiger partial charge is 0.296 e. The van der Waals surface area contributed by atoms with Gasteiger partial charge in [0.1, 0.15) is 17.6 Å². The monoisotopic (exact) mass is 434 g/mol. The van der Waals surface area contributed by atoms with Crippen LogP contribution in [0.25, 0.3) is 5.76 Å². The molecule has 1 aliphatic heterocycles. The number of carbonyl (C=O) groups excluding carboxylic acids is 2. The van der Waals surface area contributed by atoms with E-state index in [1.165, 1.54) is 4.90 Å². The Morgan fingerprint density at radius 1 is 1.06 bits per heavy atom. The standard InChI is InChI=1S/C24H19ClN2O4/c1-31-18-11-5-15(6-12-18)14-27-21(19-4-2-3-13-26-19)20(23(29)24(27)30)22(28)16-7-9-17(25)10-8-16/h2-13,21,28H,14H2,1H3/b22-20-. The second-order valence-corrected chi connectivity index (χ2v) is 7.47. The van der Waals surface area contributed by atoms with Crippen molar-refractivity contribution in [1.82, 2.24) is 9.88 Å². The minimum Gasteiger partial charge on any atom is -0.507 e. The number of nitrogens with zero attached hydrogens (tertiary/aromatic N) is 2. The average molecular weight is 435 g/mol. The largest absolute Gasteiger partial charge is 0.507 e. The average Bonchev–Trinajstić information content (AvgIpc) is 3.05. The summed E-state index contributed by atoms with van der Waals surface area (Å²) in [6, 6.07) is 18.1. The van der Waals surface area contributed by atoms with Crippen LogP contribution in [0.2, 0.25) is 5.02 Å². The number of hydrogen-bond donors (Lipinski definition) is 1. The van der Waals surface area contributed by atoms with E-state index in [1.54, 1.807) is 67.9 Å². The second-order valence-electron chi connectivity index (χ2n) is 7.04. The fraction of sp³-hybridized carbons (Fsp3) is 0.125. The van der Waals surface area contributed by atoms with Crippen LogP contribution in [0.4, 0.5) is 0 Å². The van der Waals surface area contributed by atoms with Crippen LogP contribution in [0.15, 0.2) is 78.5 Å². The van der Waals surface area contributed by atoms with Gasteiger partial charge in [-0.15, -0.1) is 0 Å². The molecule has 1 unspecified atom stereocenters. The number of methoxy groups -OCH3 is 1. The van der Waals surface area contributed by atoms with Crippen molar-refractivity contribution >= 4 is 29.1 Å². The van der Waals surface area contributed by atoms with Crippen molar-refractivity contribution < 1.29 is 19.4 Å². The molecular weight excluding hydrogens is 416 g/mol. The Morgan fingerprint density at radius 2 is 1.77 bits per heavy atom. The maximum atomic E-state index is 13.0. The van der Waals surface area contributed by atoms with Gasteiger partial charge < -0.3 is 14.7 Å². The van der Waals surface area contributed by atoms with Crippen LogP contribution in [0.1, 0.15) is 22.9 Å². The van der Waals surface area contributed by atoms with Crippen molar-refractivity contribution in [1.29, 1.82) is 0 Å². The van der Waals surface area contributed by atoms with Crippen molar-refractivity contribution in [2.75, 3.05) is 7.11 Å². The molecule has 156 valence electrons. The molecule has 4 rings (SSSR count). The van der Waals surface area contributed by atoms with Crippen LogP contribution in [0.3, 0.4) is 0 Å². The number of aliphatic hydroxyl groups is 1. The van der Waals surface area contributed by atoms with Gasteiger partial charge in [-0.05, 0) is 54.1 Å². The summed E-state index contributed by atoms with van der Waals surface area (Å²) in [6.45, 7) is 0.174. The number of Topliss-reactive ketones (excluding diaryl/α,β-unsaturated/α-hetero) is 1. The molecule has 1 N–H and O–H groups in total. The fourth-order valence-corrected chi connectivity index (χ4v) is 3.71. The van der Waals surface area contributed by atoms with Crippen molar-refractivity contribution in [3.63, 3.8) is 0 Å². The highest BCUT2D eigenvalue weighted by atomic mass is 35.5. The molecule has 0 bridgehead atoms. The van der Waals surface area contributed by atoms with Crippen LogP contribution in [0.5, 0.6) is 5.75 Å². The summed E-state index contributed by atoms with van der Waals surface area (Å²) in [5.41, 5.74) is 1.70. The van der Waals surface area contributed by atoms with Crippen LogP contribution >= 0.6 is 11.6 Å². The number of aliphatic hydroxyl groups excluding tert-OH is 1. The lowest BCUT2D eigenvalue weighted by atomic mass is 9.98. The predicted octanol–water partition coefficient (Wildman–Crippen LogP) is 4.37. The Kier molecular flexibility index (Phi) is 5.73. The zero-order chi connectivity index (χ0) is 22.0. The lowest BCUT2D eigenvalue weighted by Gasteiger charge is -2.24. The minimum absolute atomic E-state index is 0.000431. The molecule has 1 aromatic heterocycles. The van der Waals surface area contributed by atoms with Crippen LogP contribution < -0.4 is 4.74 Å². The van der Waals surface area contributed by atoms with Crippen LogP contribution in [-0.4, -0.2) is 33.8 Å². The maximum Gasteiger partial charge on any atom is 0.296 e. The van der Waals surface area contributed by atoms with Crippen molar-refractivity contribution in [2.24, 2.45) is 0 Å². The van der Waals surface area contributed by atoms with Crippen molar-refractivity contribution in [3.8, 4) is 5.75 Å². The van der Waals surface area contributed by atoms with E-state index in [4.69, 9.17) is 16.3 Å². The van der Waals surface area contributed by atoms with Gasteiger partial charge >= 0.3 is 0 Å². The first-order valence-electron chi connectivity index (χ1n) is 9.58. The third kappa shape index (κ3) is 4.02. The van der Waals surface area contributed by atoms with Gasteiger partial charge in [0.15, 0.2) is 0 Å². The molecule has 1 amide bonds. The molecule has 0 spiro atoms. The van der Waals surface area contributed by atoms with Gasteiger partial charge in [0, 0.05) is 23.3 Å². The molecular formula is C24H19ClN2O4. The Hall–Kier alpha value is -3.64. The first-order chi connectivity index (χ1) is 15.0. The van der Waals surface area contributed by atoms with Gasteiger partial charge in [0.2, 0.25) is 0 Å². The van der Waals surface area contributed by atoms with Gasteiger partial charge in [-0.25, -0.2) is 0 Å². The van der Waals surface area contributed by atoms with Gasteiger partial charge in [-0.1, -0.05) is 29.8 Å². The molecule has 2 heterocycles. The number of pyridine rings is 1. The summed E-state index contributed by atoms with van der Waals surface area (Å²) in [5, 5.41) is 11.5. The molecule has 1 atom stereocenters. The number of ether oxygens (including phenoxy) is 1. The highest BCUT2D eigenvalue weighted by Gasteiger charge is 2.46. The summed E-state index contributed by atoms with van der Waals surface area (Å²) in [5.74, 6) is -1.02. The van der Waals surface area contributed by atoms with E-state index in [9.17, 15) is 14.7 Å². The van der Waals surface area contributed by atoms with E-state index in [1.807, 2.05) is 12.1 Å². The summed E-state index contributed by atoms with van der Waals surface area (Å²) in [4.78, 5) is 31.7. The summed E-state index contributed by atoms with van der Waals surface area (Å²) < 4.78 is 5.18. The lowest BCUT2D eigenvalue weighted by Crippen LogP contribution is -2.29. The quantitative estimate of drug-likeness (QED) is 0.366. The molecule has 1 saturated heterocycles. The normalized spacial score (nSPS) is 17.7. The SMILES string of the molecule is COc1ccc(CN2C(=O)C(=O)/C(=C(\O)c3ccc(Cl)cc3)C2c2ccccn2)cc1. The Morgan fingerprint density at radius 3 is 2.39 bits per heavy atom. The molecule has 0 saturated carbocycles. The predicted molar refractivity (Wildman–Crippen MR) is 117 cm³/mol. The number of benzene rings is 2. The Bertz CT molecular complexity index is 1140. The molecule has 0 radical (unpaired) electrons. The second kappa shape index (κ2) is 8.62. The maximum absolute atomic E-state index is 13.0. The summed E-state index contributed by atoms with van der Waals surface area (Å²) >= 11 is 5.94. The third-order valence-corrected chi connectivity index (χ3v) is 5.39. The van der Waals surface area contributed by atoms with E-state index >= 15 is 0 Å². The number of rotatable bonds is 5. The van der Waals surface area contributed by atoms with Crippen LogP contribution in [0, 0.1) is 0 Å². The molecule has 6 nitrogen and oxygen atoms in total. The number of carbonyl (C=O) groups is 2. The number of amides is 1. The van der Waals surface area contributed by atoms with E-state index in [0.29, 0.717) is 22.0 Å². The van der Waals surface area contributed by atoms with E-state index < -0.39 is 17.7 Å². The molecule has 1 aliphatic rings. The molecule has 31 heavy (non-hydrogen) atoms. The fourth-order valence-electron chi connectivity index (χ4n) is 3.58. The van der Waals surface area contributed by atoms with Gasteiger partial charge in [0.05, 0.1) is 18.4 Å². The Labute approximate surface area is 184 Å². The van der Waals surface area contributed by atoms with E-state index in [2.05, 4.69) is 4.98 Å². The molecule has 3 aromatic rings. The summed E-state index contributed by atoms with van der Waals surface area (Å²) in [6.07, 6.45) is 1.59. The van der Waals surface area contributed by atoms with Gasteiger partial charge in [0.25, 0.3) is 11.7 Å². The van der Waals surface area contributed by atoms with Crippen LogP contribution in [-0.2, 0) is 16.1 Å². The molecule has 0 aliphatic carbocycles. The summed E-state index contributed by atoms with van der Waals surface area (Å²) in [7, 11) is 1.57. The van der Waals surface area contributed by atoms with E-state index in [-0.39, 0.29) is 17.9 Å². The lowest BCUT2D eigenvalue weighted by molar-refractivity contribution is -0.140. The molecule has 7 heteroatoms. The van der Waals surface area contributed by atoms with E-state index in [0.717, 1.165) is 5.56 Å². The van der Waals surface area contributed by atoms with Crippen molar-refractivity contribution in [3.05, 3.63) is 100 Å². The van der Waals surface area contributed by atoms with Gasteiger partial charge in [-0.2, -0.15) is 0 Å². The first-order valence-corrected chi connectivity index (χ1v) is 9.95. The number of halogens is 1. The zero-order valence-electron chi connectivity index (χ0n) is 16.7. The number of ketones is 1. The molecule has 2 aromatic carbocycles. The Balaban J connectivity index is 1.80. The number of aromatic nitrogens is 1.